The molecular formula is C10H16N2O2. The predicted molar refractivity (Wildman–Crippen MR) is 52.2 cm³/mol. The molecule has 1 aromatic rings. The Balaban J connectivity index is 2.39. The molecule has 2 N–H and O–H groups in total. The molecule has 2 atom stereocenters. The van der Waals surface area contributed by atoms with Crippen molar-refractivity contribution in [2.75, 3.05) is 13.2 Å². The minimum atomic E-state index is 0.148. The minimum absolute atomic E-state index is 0.148. The van der Waals surface area contributed by atoms with Gasteiger partial charge in [0.25, 0.3) is 0 Å². The van der Waals surface area contributed by atoms with Crippen molar-refractivity contribution < 1.29 is 10.2 Å². The van der Waals surface area contributed by atoms with Crippen molar-refractivity contribution in [3.05, 3.63) is 17.5 Å². The average Bonchev–Trinajstić information content (AvgIpc) is 2.75. The monoisotopic (exact) mass is 196 g/mol. The standard InChI is InChI=1S/C10H16N2O2/c1-2-12-10-8(6-14)3-7(5-13)9(10)4-11-12/h4,7-8,13-14H,2-3,5-6H2,1H3/t7-,8+/m1/s1. The molecule has 0 aromatic carbocycles. The summed E-state index contributed by atoms with van der Waals surface area (Å²) in [6.45, 7) is 3.16. The van der Waals surface area contributed by atoms with Crippen molar-refractivity contribution >= 4 is 0 Å². The summed E-state index contributed by atoms with van der Waals surface area (Å²) in [7, 11) is 0. The molecule has 0 spiro atoms. The van der Waals surface area contributed by atoms with E-state index in [1.165, 1.54) is 0 Å². The molecule has 0 bridgehead atoms. The van der Waals surface area contributed by atoms with Crippen LogP contribution in [0.4, 0.5) is 0 Å². The van der Waals surface area contributed by atoms with Gasteiger partial charge in [-0.25, -0.2) is 0 Å². The Morgan fingerprint density at radius 1 is 1.43 bits per heavy atom. The largest absolute Gasteiger partial charge is 0.396 e. The van der Waals surface area contributed by atoms with Gasteiger partial charge in [-0.15, -0.1) is 0 Å². The fraction of sp³-hybridized carbons (Fsp3) is 0.700. The molecule has 0 unspecified atom stereocenters. The fourth-order valence-corrected chi connectivity index (χ4v) is 2.34. The van der Waals surface area contributed by atoms with Gasteiger partial charge >= 0.3 is 0 Å². The van der Waals surface area contributed by atoms with Crippen LogP contribution in [0.5, 0.6) is 0 Å². The molecule has 0 aliphatic heterocycles. The topological polar surface area (TPSA) is 58.3 Å². The van der Waals surface area contributed by atoms with Gasteiger partial charge < -0.3 is 10.2 Å². The maximum Gasteiger partial charge on any atom is 0.0528 e. The van der Waals surface area contributed by atoms with Crippen LogP contribution in [-0.4, -0.2) is 33.2 Å². The van der Waals surface area contributed by atoms with E-state index < -0.39 is 0 Å². The molecule has 78 valence electrons. The summed E-state index contributed by atoms with van der Waals surface area (Å²) in [6, 6.07) is 0. The van der Waals surface area contributed by atoms with Crippen molar-refractivity contribution in [2.24, 2.45) is 0 Å². The molecule has 0 saturated heterocycles. The van der Waals surface area contributed by atoms with Crippen LogP contribution in [0.25, 0.3) is 0 Å². The fourth-order valence-electron chi connectivity index (χ4n) is 2.34. The van der Waals surface area contributed by atoms with Gasteiger partial charge in [0.15, 0.2) is 0 Å². The summed E-state index contributed by atoms with van der Waals surface area (Å²) in [5, 5.41) is 22.7. The van der Waals surface area contributed by atoms with Crippen LogP contribution in [0.3, 0.4) is 0 Å². The third-order valence-corrected chi connectivity index (χ3v) is 3.05. The Morgan fingerprint density at radius 3 is 2.71 bits per heavy atom. The lowest BCUT2D eigenvalue weighted by Gasteiger charge is -2.10. The molecule has 1 heterocycles. The van der Waals surface area contributed by atoms with Gasteiger partial charge in [0.2, 0.25) is 0 Å². The van der Waals surface area contributed by atoms with E-state index in [0.29, 0.717) is 0 Å². The van der Waals surface area contributed by atoms with Crippen LogP contribution in [-0.2, 0) is 6.54 Å². The Morgan fingerprint density at radius 2 is 2.14 bits per heavy atom. The van der Waals surface area contributed by atoms with Crippen molar-refractivity contribution in [1.82, 2.24) is 9.78 Å². The van der Waals surface area contributed by atoms with Crippen molar-refractivity contribution in [3.63, 3.8) is 0 Å². The van der Waals surface area contributed by atoms with Gasteiger partial charge in [0, 0.05) is 24.1 Å². The van der Waals surface area contributed by atoms with Crippen LogP contribution >= 0.6 is 0 Å². The number of rotatable bonds is 3. The zero-order valence-electron chi connectivity index (χ0n) is 8.35. The molecule has 1 aliphatic rings. The van der Waals surface area contributed by atoms with Crippen LogP contribution in [0.1, 0.15) is 36.4 Å². The molecule has 0 amide bonds. The Kier molecular flexibility index (Phi) is 2.56. The van der Waals surface area contributed by atoms with Gasteiger partial charge in [0.05, 0.1) is 19.4 Å². The van der Waals surface area contributed by atoms with E-state index in [2.05, 4.69) is 5.10 Å². The first kappa shape index (κ1) is 9.68. The molecule has 0 saturated carbocycles. The first-order valence-corrected chi connectivity index (χ1v) is 5.09. The minimum Gasteiger partial charge on any atom is -0.396 e. The van der Waals surface area contributed by atoms with Crippen molar-refractivity contribution in [2.45, 2.75) is 31.7 Å². The summed E-state index contributed by atoms with van der Waals surface area (Å²) < 4.78 is 1.92. The SMILES string of the molecule is CCn1ncc2c1[C@H](CO)C[C@@H]2CO. The second kappa shape index (κ2) is 3.71. The molecule has 1 aliphatic carbocycles. The number of aryl methyl sites for hydroxylation is 1. The number of fused-ring (bicyclic) bond motifs is 1. The maximum absolute atomic E-state index is 9.24. The summed E-state index contributed by atoms with van der Waals surface area (Å²) in [4.78, 5) is 0. The van der Waals surface area contributed by atoms with E-state index in [1.54, 1.807) is 0 Å². The van der Waals surface area contributed by atoms with E-state index in [-0.39, 0.29) is 25.0 Å². The molecule has 4 heteroatoms. The lowest BCUT2D eigenvalue weighted by Crippen LogP contribution is -2.09. The normalized spacial score (nSPS) is 25.4. The molecule has 4 nitrogen and oxygen atoms in total. The van der Waals surface area contributed by atoms with E-state index >= 15 is 0 Å². The quantitative estimate of drug-likeness (QED) is 0.738. The van der Waals surface area contributed by atoms with Crippen molar-refractivity contribution in [3.8, 4) is 0 Å². The van der Waals surface area contributed by atoms with Crippen LogP contribution in [0.15, 0.2) is 6.20 Å². The van der Waals surface area contributed by atoms with E-state index in [0.717, 1.165) is 24.2 Å². The zero-order valence-corrected chi connectivity index (χ0v) is 8.35. The number of aromatic nitrogens is 2. The molecule has 14 heavy (non-hydrogen) atoms. The highest BCUT2D eigenvalue weighted by atomic mass is 16.3. The van der Waals surface area contributed by atoms with Crippen LogP contribution in [0.2, 0.25) is 0 Å². The van der Waals surface area contributed by atoms with Gasteiger partial charge in [-0.2, -0.15) is 5.10 Å². The molecule has 2 rings (SSSR count). The van der Waals surface area contributed by atoms with E-state index in [9.17, 15) is 10.2 Å². The highest BCUT2D eigenvalue weighted by molar-refractivity contribution is 5.32. The lowest BCUT2D eigenvalue weighted by atomic mass is 10.0. The van der Waals surface area contributed by atoms with Gasteiger partial charge in [-0.05, 0) is 18.9 Å². The maximum atomic E-state index is 9.24. The summed E-state index contributed by atoms with van der Waals surface area (Å²) in [5.74, 6) is 0.326. The highest BCUT2D eigenvalue weighted by Crippen LogP contribution is 2.40. The lowest BCUT2D eigenvalue weighted by molar-refractivity contribution is 0.230. The number of aliphatic hydroxyl groups excluding tert-OH is 2. The van der Waals surface area contributed by atoms with Gasteiger partial charge in [-0.1, -0.05) is 0 Å². The highest BCUT2D eigenvalue weighted by Gasteiger charge is 2.33. The van der Waals surface area contributed by atoms with Gasteiger partial charge in [-0.3, -0.25) is 4.68 Å². The summed E-state index contributed by atoms with van der Waals surface area (Å²) in [5.41, 5.74) is 2.24. The van der Waals surface area contributed by atoms with Crippen LogP contribution in [0, 0.1) is 0 Å². The Hall–Kier alpha value is -0.870. The third kappa shape index (κ3) is 1.26. The number of aliphatic hydroxyl groups is 2. The second-order valence-corrected chi connectivity index (χ2v) is 3.80. The molecule has 0 radical (unpaired) electrons. The molecule has 1 aromatic heterocycles. The summed E-state index contributed by atoms with van der Waals surface area (Å²) >= 11 is 0. The Bertz CT molecular complexity index is 322. The second-order valence-electron chi connectivity index (χ2n) is 3.80. The Labute approximate surface area is 83.2 Å². The number of nitrogens with zero attached hydrogens (tertiary/aromatic N) is 2. The van der Waals surface area contributed by atoms with Crippen LogP contribution < -0.4 is 0 Å². The third-order valence-electron chi connectivity index (χ3n) is 3.05. The average molecular weight is 196 g/mol. The number of hydrogen-bond donors (Lipinski definition) is 2. The molecular weight excluding hydrogens is 180 g/mol. The first-order chi connectivity index (χ1) is 6.81. The van der Waals surface area contributed by atoms with Gasteiger partial charge in [0.1, 0.15) is 0 Å². The van der Waals surface area contributed by atoms with E-state index in [4.69, 9.17) is 0 Å². The summed E-state index contributed by atoms with van der Waals surface area (Å²) in [6.07, 6.45) is 2.68. The number of hydrogen-bond acceptors (Lipinski definition) is 3. The van der Waals surface area contributed by atoms with E-state index in [1.807, 2.05) is 17.8 Å². The first-order valence-electron chi connectivity index (χ1n) is 5.09. The molecule has 0 fully saturated rings. The predicted octanol–water partition coefficient (Wildman–Crippen LogP) is 0.458. The van der Waals surface area contributed by atoms with Crippen molar-refractivity contribution in [1.29, 1.82) is 0 Å². The smallest absolute Gasteiger partial charge is 0.0528 e. The zero-order chi connectivity index (χ0) is 10.1.